The standard InChI is InChI=1S/C23H22Cl2N4O5/c1-33-23(32)19(10-15-11-26-13-27-15)28-20(30)12-34-21(31)9-14-5-2-3-8-18(14)29-22-16(24)6-4-7-17(22)25/h2-8,11,13,19,29H,9-10,12H2,1H3,(H,26,27)(H,28,30). The molecule has 0 saturated heterocycles. The SMILES string of the molecule is COC(=O)C(Cc1cnc[nH]1)NC(=O)COC(=O)Cc1ccccc1Nc1c(Cl)cccc1Cl. The average Bonchev–Trinajstić information content (AvgIpc) is 3.33. The molecule has 1 atom stereocenters. The summed E-state index contributed by atoms with van der Waals surface area (Å²) >= 11 is 12.4. The molecule has 2 aromatic carbocycles. The van der Waals surface area contributed by atoms with Gasteiger partial charge in [-0.2, -0.15) is 0 Å². The Kier molecular flexibility index (Phi) is 8.89. The summed E-state index contributed by atoms with van der Waals surface area (Å²) in [6.45, 7) is -0.554. The highest BCUT2D eigenvalue weighted by atomic mass is 35.5. The van der Waals surface area contributed by atoms with E-state index in [9.17, 15) is 14.4 Å². The lowest BCUT2D eigenvalue weighted by Crippen LogP contribution is -2.44. The number of nitrogens with zero attached hydrogens (tertiary/aromatic N) is 1. The number of carbonyl (C=O) groups is 3. The summed E-state index contributed by atoms with van der Waals surface area (Å²) in [5, 5.41) is 6.49. The van der Waals surface area contributed by atoms with Crippen molar-refractivity contribution < 1.29 is 23.9 Å². The van der Waals surface area contributed by atoms with Crippen molar-refractivity contribution >= 4 is 52.4 Å². The molecule has 3 rings (SSSR count). The minimum Gasteiger partial charge on any atom is -0.467 e. The van der Waals surface area contributed by atoms with Gasteiger partial charge in [-0.1, -0.05) is 47.5 Å². The first-order valence-electron chi connectivity index (χ1n) is 10.2. The van der Waals surface area contributed by atoms with Crippen LogP contribution >= 0.6 is 23.2 Å². The van der Waals surface area contributed by atoms with Crippen molar-refractivity contribution in [1.82, 2.24) is 15.3 Å². The molecule has 0 saturated carbocycles. The molecule has 0 spiro atoms. The number of nitrogens with one attached hydrogen (secondary N) is 3. The van der Waals surface area contributed by atoms with Gasteiger partial charge in [-0.05, 0) is 23.8 Å². The molecule has 0 aliphatic heterocycles. The highest BCUT2D eigenvalue weighted by Gasteiger charge is 2.23. The maximum absolute atomic E-state index is 12.4. The van der Waals surface area contributed by atoms with Crippen LogP contribution in [0.3, 0.4) is 0 Å². The van der Waals surface area contributed by atoms with Crippen LogP contribution in [0.5, 0.6) is 0 Å². The second-order valence-electron chi connectivity index (χ2n) is 7.14. The zero-order valence-electron chi connectivity index (χ0n) is 18.1. The number of anilines is 2. The summed E-state index contributed by atoms with van der Waals surface area (Å²) in [6.07, 6.45) is 3.03. The quantitative estimate of drug-likeness (QED) is 0.361. The number of carbonyl (C=O) groups excluding carboxylic acids is 3. The predicted octanol–water partition coefficient (Wildman–Crippen LogP) is 3.45. The smallest absolute Gasteiger partial charge is 0.328 e. The van der Waals surface area contributed by atoms with Crippen LogP contribution in [0.1, 0.15) is 11.3 Å². The van der Waals surface area contributed by atoms with E-state index < -0.39 is 30.5 Å². The Hall–Kier alpha value is -3.56. The Balaban J connectivity index is 1.57. The van der Waals surface area contributed by atoms with Gasteiger partial charge in [0, 0.05) is 24.0 Å². The number of benzene rings is 2. The van der Waals surface area contributed by atoms with E-state index in [0.717, 1.165) is 0 Å². The maximum Gasteiger partial charge on any atom is 0.328 e. The number of esters is 2. The summed E-state index contributed by atoms with van der Waals surface area (Å²) in [7, 11) is 1.22. The molecule has 9 nitrogen and oxygen atoms in total. The molecule has 3 N–H and O–H groups in total. The van der Waals surface area contributed by atoms with Gasteiger partial charge in [-0.25, -0.2) is 9.78 Å². The summed E-state index contributed by atoms with van der Waals surface area (Å²) in [5.41, 5.74) is 2.38. The minimum atomic E-state index is -0.957. The summed E-state index contributed by atoms with van der Waals surface area (Å²) in [6, 6.07) is 11.2. The average molecular weight is 505 g/mol. The topological polar surface area (TPSA) is 122 Å². The Morgan fingerprint density at radius 2 is 1.82 bits per heavy atom. The Labute approximate surface area is 205 Å². The number of halogens is 2. The van der Waals surface area contributed by atoms with E-state index in [0.29, 0.717) is 32.7 Å². The van der Waals surface area contributed by atoms with Crippen molar-refractivity contribution in [3.63, 3.8) is 0 Å². The number of aromatic nitrogens is 2. The molecule has 0 bridgehead atoms. The van der Waals surface area contributed by atoms with Gasteiger partial charge in [0.2, 0.25) is 0 Å². The Bertz CT molecular complexity index is 1130. The number of methoxy groups -OCH3 is 1. The van der Waals surface area contributed by atoms with Crippen molar-refractivity contribution in [1.29, 1.82) is 0 Å². The number of imidazole rings is 1. The van der Waals surface area contributed by atoms with Gasteiger partial charge in [0.25, 0.3) is 5.91 Å². The zero-order chi connectivity index (χ0) is 24.5. The summed E-state index contributed by atoms with van der Waals surface area (Å²) < 4.78 is 9.83. The molecule has 0 radical (unpaired) electrons. The van der Waals surface area contributed by atoms with Gasteiger partial charge in [-0.3, -0.25) is 9.59 Å². The third-order valence-electron chi connectivity index (χ3n) is 4.74. The van der Waals surface area contributed by atoms with E-state index in [1.807, 2.05) is 0 Å². The first kappa shape index (κ1) is 25.1. The fraction of sp³-hybridized carbons (Fsp3) is 0.217. The molecule has 1 amide bonds. The molecule has 1 heterocycles. The van der Waals surface area contributed by atoms with Crippen LogP contribution in [0.15, 0.2) is 55.0 Å². The summed E-state index contributed by atoms with van der Waals surface area (Å²) in [5.74, 6) is -1.90. The van der Waals surface area contributed by atoms with Gasteiger partial charge < -0.3 is 25.1 Å². The molecule has 3 aromatic rings. The van der Waals surface area contributed by atoms with Crippen molar-refractivity contribution in [2.45, 2.75) is 18.9 Å². The lowest BCUT2D eigenvalue weighted by atomic mass is 10.1. The van der Waals surface area contributed by atoms with Crippen LogP contribution < -0.4 is 10.6 Å². The number of hydrogen-bond donors (Lipinski definition) is 3. The van der Waals surface area contributed by atoms with E-state index in [2.05, 4.69) is 20.6 Å². The highest BCUT2D eigenvalue weighted by molar-refractivity contribution is 6.39. The van der Waals surface area contributed by atoms with Crippen LogP contribution in [0.25, 0.3) is 0 Å². The van der Waals surface area contributed by atoms with Gasteiger partial charge in [0.1, 0.15) is 6.04 Å². The minimum absolute atomic E-state index is 0.104. The van der Waals surface area contributed by atoms with Crippen LogP contribution in [0.2, 0.25) is 10.0 Å². The highest BCUT2D eigenvalue weighted by Crippen LogP contribution is 2.33. The second-order valence-corrected chi connectivity index (χ2v) is 7.95. The zero-order valence-corrected chi connectivity index (χ0v) is 19.7. The number of H-pyrrole nitrogens is 1. The van der Waals surface area contributed by atoms with Gasteiger partial charge in [0.05, 0.1) is 35.6 Å². The van der Waals surface area contributed by atoms with E-state index in [-0.39, 0.29) is 12.8 Å². The largest absolute Gasteiger partial charge is 0.467 e. The predicted molar refractivity (Wildman–Crippen MR) is 127 cm³/mol. The normalized spacial score (nSPS) is 11.4. The van der Waals surface area contributed by atoms with Crippen LogP contribution in [-0.2, 0) is 36.7 Å². The number of aromatic amines is 1. The Morgan fingerprint density at radius 3 is 2.50 bits per heavy atom. The third-order valence-corrected chi connectivity index (χ3v) is 5.37. The number of para-hydroxylation sites is 2. The van der Waals surface area contributed by atoms with Crippen molar-refractivity contribution in [3.8, 4) is 0 Å². The molecule has 11 heteroatoms. The van der Waals surface area contributed by atoms with Crippen molar-refractivity contribution in [3.05, 3.63) is 76.3 Å². The molecule has 1 aromatic heterocycles. The van der Waals surface area contributed by atoms with Crippen LogP contribution in [0, 0.1) is 0 Å². The number of rotatable bonds is 10. The molecule has 0 aliphatic rings. The maximum atomic E-state index is 12.4. The lowest BCUT2D eigenvalue weighted by molar-refractivity contribution is -0.149. The fourth-order valence-electron chi connectivity index (χ4n) is 3.09. The molecule has 0 aliphatic carbocycles. The molecule has 0 fully saturated rings. The number of amides is 1. The molecule has 178 valence electrons. The van der Waals surface area contributed by atoms with E-state index in [1.54, 1.807) is 42.5 Å². The van der Waals surface area contributed by atoms with Crippen molar-refractivity contribution in [2.75, 3.05) is 19.0 Å². The van der Waals surface area contributed by atoms with E-state index in [4.69, 9.17) is 32.7 Å². The van der Waals surface area contributed by atoms with Gasteiger partial charge in [-0.15, -0.1) is 0 Å². The number of ether oxygens (including phenoxy) is 2. The fourth-order valence-corrected chi connectivity index (χ4v) is 3.58. The first-order chi connectivity index (χ1) is 16.4. The summed E-state index contributed by atoms with van der Waals surface area (Å²) in [4.78, 5) is 43.4. The van der Waals surface area contributed by atoms with E-state index >= 15 is 0 Å². The molecular formula is C23H22Cl2N4O5. The second kappa shape index (κ2) is 12.1. The number of hydrogen-bond acceptors (Lipinski definition) is 7. The molecule has 34 heavy (non-hydrogen) atoms. The first-order valence-corrected chi connectivity index (χ1v) is 10.9. The molecular weight excluding hydrogens is 483 g/mol. The van der Waals surface area contributed by atoms with Crippen LogP contribution in [0.4, 0.5) is 11.4 Å². The van der Waals surface area contributed by atoms with E-state index in [1.165, 1.54) is 19.6 Å². The van der Waals surface area contributed by atoms with Crippen molar-refractivity contribution in [2.24, 2.45) is 0 Å². The Morgan fingerprint density at radius 1 is 1.09 bits per heavy atom. The van der Waals surface area contributed by atoms with Gasteiger partial charge in [0.15, 0.2) is 6.61 Å². The lowest BCUT2D eigenvalue weighted by Gasteiger charge is -2.16. The third kappa shape index (κ3) is 6.97. The van der Waals surface area contributed by atoms with Gasteiger partial charge >= 0.3 is 11.9 Å². The van der Waals surface area contributed by atoms with Crippen LogP contribution in [-0.4, -0.2) is 47.6 Å². The molecule has 1 unspecified atom stereocenters. The monoisotopic (exact) mass is 504 g/mol.